The van der Waals surface area contributed by atoms with Gasteiger partial charge in [-0.15, -0.1) is 0 Å². The van der Waals surface area contributed by atoms with Crippen LogP contribution in [-0.4, -0.2) is 33.9 Å². The molecule has 1 amide bonds. The molecule has 1 aliphatic rings. The Bertz CT molecular complexity index is 1060. The lowest BCUT2D eigenvalue weighted by atomic mass is 10.1. The Labute approximate surface area is 169 Å². The normalized spacial score (nSPS) is 13.8. The summed E-state index contributed by atoms with van der Waals surface area (Å²) in [6.45, 7) is 1.22. The predicted octanol–water partition coefficient (Wildman–Crippen LogP) is 3.80. The summed E-state index contributed by atoms with van der Waals surface area (Å²) in [5.41, 5.74) is 5.86. The summed E-state index contributed by atoms with van der Waals surface area (Å²) >= 11 is 0. The number of halogens is 3. The van der Waals surface area contributed by atoms with Gasteiger partial charge in [0.05, 0.1) is 11.8 Å². The van der Waals surface area contributed by atoms with E-state index in [0.717, 1.165) is 18.6 Å². The molecule has 0 radical (unpaired) electrons. The van der Waals surface area contributed by atoms with E-state index < -0.39 is 11.7 Å². The Morgan fingerprint density at radius 3 is 2.63 bits per heavy atom. The fraction of sp³-hybridized carbons (Fsp3) is 0.250. The molecule has 0 saturated carbocycles. The zero-order valence-corrected chi connectivity index (χ0v) is 15.7. The number of hydrogen-bond acceptors (Lipinski definition) is 6. The van der Waals surface area contributed by atoms with Crippen LogP contribution in [0.3, 0.4) is 0 Å². The lowest BCUT2D eigenvalue weighted by molar-refractivity contribution is -0.137. The van der Waals surface area contributed by atoms with E-state index in [1.807, 2.05) is 0 Å². The van der Waals surface area contributed by atoms with Gasteiger partial charge in [-0.2, -0.15) is 18.2 Å². The average molecular weight is 417 g/mol. The van der Waals surface area contributed by atoms with E-state index in [1.165, 1.54) is 12.3 Å². The first-order chi connectivity index (χ1) is 14.3. The minimum Gasteiger partial charge on any atom is -0.463 e. The maximum absolute atomic E-state index is 13.0. The minimum atomic E-state index is -4.44. The molecule has 4 rings (SSSR count). The maximum Gasteiger partial charge on any atom is 0.416 e. The van der Waals surface area contributed by atoms with Crippen LogP contribution in [0.25, 0.3) is 11.5 Å². The number of nitrogen functional groups attached to an aromatic ring is 1. The Balaban J connectivity index is 1.70. The molecular weight excluding hydrogens is 399 g/mol. The first-order valence-corrected chi connectivity index (χ1v) is 9.23. The third kappa shape index (κ3) is 3.93. The fourth-order valence-electron chi connectivity index (χ4n) is 3.12. The van der Waals surface area contributed by atoms with E-state index in [4.69, 9.17) is 10.2 Å². The monoisotopic (exact) mass is 417 g/mol. The number of amides is 1. The zero-order valence-electron chi connectivity index (χ0n) is 15.7. The molecule has 1 aromatic carbocycles. The number of rotatable bonds is 5. The second kappa shape index (κ2) is 7.69. The third-order valence-electron chi connectivity index (χ3n) is 4.75. The Morgan fingerprint density at radius 1 is 1.20 bits per heavy atom. The van der Waals surface area contributed by atoms with Gasteiger partial charge in [-0.1, -0.05) is 12.1 Å². The molecule has 3 N–H and O–H groups in total. The highest BCUT2D eigenvalue weighted by molar-refractivity contribution is 6.04. The number of nitrogens with two attached hydrogens (primary N) is 1. The molecule has 0 atom stereocenters. The van der Waals surface area contributed by atoms with E-state index in [2.05, 4.69) is 15.3 Å². The summed E-state index contributed by atoms with van der Waals surface area (Å²) in [7, 11) is 0. The molecule has 7 nitrogen and oxygen atoms in total. The standard InChI is InChI=1S/C20H18F3N5O2/c21-20(22,23)13-5-1-4-12(10-13)11-25-17-15(18(29)28-7-3-8-28)16(26-19(24)27-17)14-6-2-9-30-14/h1-2,4-6,9-10H,3,7-8,11H2,(H3,24,25,26,27). The number of furan rings is 1. The van der Waals surface area contributed by atoms with Crippen LogP contribution in [0.1, 0.15) is 27.9 Å². The maximum atomic E-state index is 13.0. The van der Waals surface area contributed by atoms with Crippen LogP contribution in [-0.2, 0) is 12.7 Å². The number of carbonyl (C=O) groups excluding carboxylic acids is 1. The minimum absolute atomic E-state index is 0.0122. The molecule has 0 spiro atoms. The molecule has 0 bridgehead atoms. The molecule has 3 aromatic rings. The summed E-state index contributed by atoms with van der Waals surface area (Å²) < 4.78 is 44.3. The van der Waals surface area contributed by atoms with Crippen LogP contribution < -0.4 is 11.1 Å². The van der Waals surface area contributed by atoms with Crippen molar-refractivity contribution in [1.29, 1.82) is 0 Å². The average Bonchev–Trinajstić information content (AvgIpc) is 3.18. The van der Waals surface area contributed by atoms with E-state index in [1.54, 1.807) is 23.1 Å². The molecule has 30 heavy (non-hydrogen) atoms. The number of benzene rings is 1. The predicted molar refractivity (Wildman–Crippen MR) is 103 cm³/mol. The topological polar surface area (TPSA) is 97.3 Å². The van der Waals surface area contributed by atoms with Crippen molar-refractivity contribution in [2.75, 3.05) is 24.1 Å². The lowest BCUT2D eigenvalue weighted by Crippen LogP contribution is -2.42. The summed E-state index contributed by atoms with van der Waals surface area (Å²) in [4.78, 5) is 23.0. The molecule has 0 aliphatic carbocycles. The Hall–Kier alpha value is -3.56. The van der Waals surface area contributed by atoms with Crippen LogP contribution in [0, 0.1) is 0 Å². The molecule has 156 valence electrons. The van der Waals surface area contributed by atoms with E-state index in [0.29, 0.717) is 24.4 Å². The quantitative estimate of drug-likeness (QED) is 0.656. The summed E-state index contributed by atoms with van der Waals surface area (Å²) in [5.74, 6) is 0.102. The first kappa shape index (κ1) is 19.7. The van der Waals surface area contributed by atoms with Gasteiger partial charge >= 0.3 is 6.18 Å². The van der Waals surface area contributed by atoms with Crippen molar-refractivity contribution in [3.05, 3.63) is 59.4 Å². The summed E-state index contributed by atoms with van der Waals surface area (Å²) in [5, 5.41) is 2.95. The van der Waals surface area contributed by atoms with Gasteiger partial charge < -0.3 is 20.4 Å². The van der Waals surface area contributed by atoms with Gasteiger partial charge in [-0.05, 0) is 36.2 Å². The Morgan fingerprint density at radius 2 is 2.00 bits per heavy atom. The van der Waals surface area contributed by atoms with Gasteiger partial charge in [0.2, 0.25) is 5.95 Å². The van der Waals surface area contributed by atoms with Crippen molar-refractivity contribution in [2.45, 2.75) is 19.1 Å². The van der Waals surface area contributed by atoms with Gasteiger partial charge in [0, 0.05) is 19.6 Å². The molecule has 0 unspecified atom stereocenters. The van der Waals surface area contributed by atoms with Gasteiger partial charge in [-0.25, -0.2) is 4.98 Å². The molecule has 1 saturated heterocycles. The molecule has 1 fully saturated rings. The SMILES string of the molecule is Nc1nc(NCc2cccc(C(F)(F)F)c2)c(C(=O)N2CCC2)c(-c2ccco2)n1. The van der Waals surface area contributed by atoms with Crippen molar-refractivity contribution in [3.8, 4) is 11.5 Å². The van der Waals surface area contributed by atoms with Gasteiger partial charge in [0.1, 0.15) is 17.1 Å². The van der Waals surface area contributed by atoms with E-state index in [9.17, 15) is 18.0 Å². The van der Waals surface area contributed by atoms with Crippen LogP contribution in [0.15, 0.2) is 47.1 Å². The van der Waals surface area contributed by atoms with Crippen LogP contribution in [0.4, 0.5) is 24.9 Å². The van der Waals surface area contributed by atoms with Crippen LogP contribution >= 0.6 is 0 Å². The highest BCUT2D eigenvalue weighted by Gasteiger charge is 2.31. The molecule has 3 heterocycles. The smallest absolute Gasteiger partial charge is 0.416 e. The van der Waals surface area contributed by atoms with E-state index >= 15 is 0 Å². The van der Waals surface area contributed by atoms with Gasteiger partial charge in [0.15, 0.2) is 5.76 Å². The van der Waals surface area contributed by atoms with Crippen molar-refractivity contribution in [3.63, 3.8) is 0 Å². The van der Waals surface area contributed by atoms with Crippen molar-refractivity contribution < 1.29 is 22.4 Å². The number of anilines is 2. The second-order valence-corrected chi connectivity index (χ2v) is 6.83. The number of likely N-dealkylation sites (tertiary alicyclic amines) is 1. The third-order valence-corrected chi connectivity index (χ3v) is 4.75. The number of alkyl halides is 3. The number of hydrogen-bond donors (Lipinski definition) is 2. The Kier molecular flexibility index (Phi) is 5.06. The highest BCUT2D eigenvalue weighted by atomic mass is 19.4. The number of aromatic nitrogens is 2. The lowest BCUT2D eigenvalue weighted by Gasteiger charge is -2.31. The summed E-state index contributed by atoms with van der Waals surface area (Å²) in [6.07, 6.45) is -2.10. The van der Waals surface area contributed by atoms with Crippen LogP contribution in [0.2, 0.25) is 0 Å². The number of nitrogens with one attached hydrogen (secondary N) is 1. The molecular formula is C20H18F3N5O2. The highest BCUT2D eigenvalue weighted by Crippen LogP contribution is 2.32. The number of nitrogens with zero attached hydrogens (tertiary/aromatic N) is 3. The van der Waals surface area contributed by atoms with E-state index in [-0.39, 0.29) is 35.5 Å². The largest absolute Gasteiger partial charge is 0.463 e. The fourth-order valence-corrected chi connectivity index (χ4v) is 3.12. The van der Waals surface area contributed by atoms with Crippen molar-refractivity contribution in [2.24, 2.45) is 0 Å². The van der Waals surface area contributed by atoms with Crippen molar-refractivity contribution in [1.82, 2.24) is 14.9 Å². The molecule has 2 aromatic heterocycles. The zero-order chi connectivity index (χ0) is 21.3. The van der Waals surface area contributed by atoms with Gasteiger partial charge in [-0.3, -0.25) is 4.79 Å². The second-order valence-electron chi connectivity index (χ2n) is 6.83. The van der Waals surface area contributed by atoms with Crippen LogP contribution in [0.5, 0.6) is 0 Å². The molecule has 1 aliphatic heterocycles. The van der Waals surface area contributed by atoms with Crippen molar-refractivity contribution >= 4 is 17.7 Å². The first-order valence-electron chi connectivity index (χ1n) is 9.23. The van der Waals surface area contributed by atoms with Gasteiger partial charge in [0.25, 0.3) is 5.91 Å². The number of carbonyl (C=O) groups is 1. The summed E-state index contributed by atoms with van der Waals surface area (Å²) in [6, 6.07) is 8.22. The molecule has 10 heteroatoms.